The number of methoxy groups -OCH3 is 3. The Morgan fingerprint density at radius 2 is 1.60 bits per heavy atom. The summed E-state index contributed by atoms with van der Waals surface area (Å²) >= 11 is 1.71. The second-order valence-electron chi connectivity index (χ2n) is 6.89. The van der Waals surface area contributed by atoms with Gasteiger partial charge in [-0.2, -0.15) is 0 Å². The molecule has 0 spiro atoms. The van der Waals surface area contributed by atoms with E-state index in [4.69, 9.17) is 14.2 Å². The van der Waals surface area contributed by atoms with Crippen molar-refractivity contribution < 1.29 is 19.0 Å². The van der Waals surface area contributed by atoms with Crippen LogP contribution in [-0.4, -0.2) is 38.7 Å². The molecule has 30 heavy (non-hydrogen) atoms. The van der Waals surface area contributed by atoms with Crippen molar-refractivity contribution in [2.45, 2.75) is 19.9 Å². The van der Waals surface area contributed by atoms with Crippen molar-refractivity contribution in [3.63, 3.8) is 0 Å². The number of ether oxygens (including phenoxy) is 3. The molecular formula is C24H27NO4S. The molecule has 0 saturated carbocycles. The number of amides is 1. The first-order valence-electron chi connectivity index (χ1n) is 9.74. The van der Waals surface area contributed by atoms with Crippen LogP contribution in [0.1, 0.15) is 25.7 Å². The number of thiophene rings is 1. The third-order valence-corrected chi connectivity index (χ3v) is 5.84. The lowest BCUT2D eigenvalue weighted by Gasteiger charge is -2.23. The van der Waals surface area contributed by atoms with Crippen molar-refractivity contribution in [3.05, 3.63) is 75.5 Å². The first-order valence-corrected chi connectivity index (χ1v) is 10.6. The predicted molar refractivity (Wildman–Crippen MR) is 120 cm³/mol. The van der Waals surface area contributed by atoms with E-state index < -0.39 is 0 Å². The van der Waals surface area contributed by atoms with Gasteiger partial charge < -0.3 is 19.1 Å². The van der Waals surface area contributed by atoms with Crippen LogP contribution in [0.2, 0.25) is 0 Å². The Labute approximate surface area is 181 Å². The van der Waals surface area contributed by atoms with Gasteiger partial charge in [0.1, 0.15) is 0 Å². The Morgan fingerprint density at radius 1 is 0.933 bits per heavy atom. The van der Waals surface area contributed by atoms with Crippen molar-refractivity contribution >= 4 is 17.2 Å². The van der Waals surface area contributed by atoms with Gasteiger partial charge in [0.15, 0.2) is 11.5 Å². The molecule has 3 aromatic rings. The quantitative estimate of drug-likeness (QED) is 0.486. The molecule has 1 aromatic heterocycles. The summed E-state index contributed by atoms with van der Waals surface area (Å²) in [5, 5.41) is 0. The fraction of sp³-hybridized carbons (Fsp3) is 0.292. The van der Waals surface area contributed by atoms with Gasteiger partial charge in [-0.3, -0.25) is 4.79 Å². The van der Waals surface area contributed by atoms with Crippen molar-refractivity contribution in [2.24, 2.45) is 0 Å². The van der Waals surface area contributed by atoms with Crippen LogP contribution in [0.25, 0.3) is 0 Å². The molecule has 0 aliphatic carbocycles. The lowest BCUT2D eigenvalue weighted by atomic mass is 10.1. The molecule has 0 unspecified atom stereocenters. The SMILES string of the molecule is COc1cc(C(=O)N(CCc2ccccc2)Cc2ccc(C)s2)cc(OC)c1OC. The summed E-state index contributed by atoms with van der Waals surface area (Å²) in [6, 6.07) is 17.8. The minimum Gasteiger partial charge on any atom is -0.493 e. The molecule has 1 heterocycles. The van der Waals surface area contributed by atoms with Crippen LogP contribution in [-0.2, 0) is 13.0 Å². The number of hydrogen-bond acceptors (Lipinski definition) is 5. The molecule has 0 N–H and O–H groups in total. The summed E-state index contributed by atoms with van der Waals surface area (Å²) in [6.07, 6.45) is 0.779. The Kier molecular flexibility index (Phi) is 7.36. The number of nitrogens with zero attached hydrogens (tertiary/aromatic N) is 1. The van der Waals surface area contributed by atoms with E-state index in [9.17, 15) is 4.79 Å². The second-order valence-corrected chi connectivity index (χ2v) is 8.26. The third-order valence-electron chi connectivity index (χ3n) is 4.85. The van der Waals surface area contributed by atoms with Gasteiger partial charge in [0.2, 0.25) is 5.75 Å². The highest BCUT2D eigenvalue weighted by Gasteiger charge is 2.22. The fourth-order valence-electron chi connectivity index (χ4n) is 3.31. The molecule has 0 bridgehead atoms. The average molecular weight is 426 g/mol. The monoisotopic (exact) mass is 425 g/mol. The van der Waals surface area contributed by atoms with Crippen molar-refractivity contribution in [1.82, 2.24) is 4.90 Å². The van der Waals surface area contributed by atoms with Crippen molar-refractivity contribution in [1.29, 1.82) is 0 Å². The zero-order valence-electron chi connectivity index (χ0n) is 17.8. The maximum absolute atomic E-state index is 13.5. The Morgan fingerprint density at radius 3 is 2.13 bits per heavy atom. The topological polar surface area (TPSA) is 48.0 Å². The number of benzene rings is 2. The van der Waals surface area contributed by atoms with Gasteiger partial charge >= 0.3 is 0 Å². The van der Waals surface area contributed by atoms with Gasteiger partial charge in [0, 0.05) is 21.9 Å². The molecule has 0 fully saturated rings. The smallest absolute Gasteiger partial charge is 0.254 e. The largest absolute Gasteiger partial charge is 0.493 e. The van der Waals surface area contributed by atoms with E-state index in [1.54, 1.807) is 44.8 Å². The maximum Gasteiger partial charge on any atom is 0.254 e. The van der Waals surface area contributed by atoms with E-state index in [0.29, 0.717) is 35.9 Å². The average Bonchev–Trinajstić information content (AvgIpc) is 3.20. The molecule has 0 radical (unpaired) electrons. The minimum absolute atomic E-state index is 0.0729. The standard InChI is InChI=1S/C24H27NO4S/c1-17-10-11-20(30-17)16-25(13-12-18-8-6-5-7-9-18)24(26)19-14-21(27-2)23(29-4)22(15-19)28-3/h5-11,14-15H,12-13,16H2,1-4H3. The molecule has 6 heteroatoms. The molecule has 0 aliphatic rings. The lowest BCUT2D eigenvalue weighted by molar-refractivity contribution is 0.0746. The lowest BCUT2D eigenvalue weighted by Crippen LogP contribution is -2.32. The highest BCUT2D eigenvalue weighted by molar-refractivity contribution is 7.11. The number of carbonyl (C=O) groups is 1. The summed E-state index contributed by atoms with van der Waals surface area (Å²) in [5.74, 6) is 1.34. The minimum atomic E-state index is -0.0729. The molecule has 0 aliphatic heterocycles. The van der Waals surface area contributed by atoms with Crippen LogP contribution in [0.15, 0.2) is 54.6 Å². The third kappa shape index (κ3) is 5.13. The molecule has 158 valence electrons. The molecular weight excluding hydrogens is 398 g/mol. The zero-order valence-corrected chi connectivity index (χ0v) is 18.6. The van der Waals surface area contributed by atoms with Gasteiger partial charge in [-0.15, -0.1) is 11.3 Å². The zero-order chi connectivity index (χ0) is 21.5. The van der Waals surface area contributed by atoms with E-state index >= 15 is 0 Å². The number of aryl methyl sites for hydroxylation is 1. The summed E-state index contributed by atoms with van der Waals surface area (Å²) < 4.78 is 16.2. The first kappa shape index (κ1) is 21.7. The van der Waals surface area contributed by atoms with Crippen molar-refractivity contribution in [2.75, 3.05) is 27.9 Å². The van der Waals surface area contributed by atoms with Gasteiger partial charge in [-0.05, 0) is 43.2 Å². The van der Waals surface area contributed by atoms with Gasteiger partial charge in [-0.25, -0.2) is 0 Å². The van der Waals surface area contributed by atoms with Crippen LogP contribution < -0.4 is 14.2 Å². The molecule has 2 aromatic carbocycles. The summed E-state index contributed by atoms with van der Waals surface area (Å²) in [6.45, 7) is 3.24. The number of rotatable bonds is 9. The van der Waals surface area contributed by atoms with E-state index in [0.717, 1.165) is 11.3 Å². The maximum atomic E-state index is 13.5. The first-order chi connectivity index (χ1) is 14.5. The highest BCUT2D eigenvalue weighted by atomic mass is 32.1. The Balaban J connectivity index is 1.90. The van der Waals surface area contributed by atoms with Crippen LogP contribution >= 0.6 is 11.3 Å². The molecule has 1 amide bonds. The van der Waals surface area contributed by atoms with E-state index in [2.05, 4.69) is 31.2 Å². The van der Waals surface area contributed by atoms with Crippen LogP contribution in [0.5, 0.6) is 17.2 Å². The van der Waals surface area contributed by atoms with Gasteiger partial charge in [-0.1, -0.05) is 30.3 Å². The predicted octanol–water partition coefficient (Wildman–Crippen LogP) is 4.97. The Hall–Kier alpha value is -2.99. The van der Waals surface area contributed by atoms with Crippen LogP contribution in [0.4, 0.5) is 0 Å². The molecule has 3 rings (SSSR count). The molecule has 0 saturated heterocycles. The Bertz CT molecular complexity index is 959. The van der Waals surface area contributed by atoms with Crippen LogP contribution in [0, 0.1) is 6.92 Å². The summed E-state index contributed by atoms with van der Waals surface area (Å²) in [4.78, 5) is 17.7. The van der Waals surface area contributed by atoms with Gasteiger partial charge in [0.25, 0.3) is 5.91 Å². The molecule has 0 atom stereocenters. The molecule has 5 nitrogen and oxygen atoms in total. The van der Waals surface area contributed by atoms with Gasteiger partial charge in [0.05, 0.1) is 27.9 Å². The van der Waals surface area contributed by atoms with E-state index in [1.165, 1.54) is 10.4 Å². The van der Waals surface area contributed by atoms with E-state index in [1.807, 2.05) is 23.1 Å². The second kappa shape index (κ2) is 10.2. The highest BCUT2D eigenvalue weighted by Crippen LogP contribution is 2.38. The summed E-state index contributed by atoms with van der Waals surface area (Å²) in [5.41, 5.74) is 1.70. The van der Waals surface area contributed by atoms with E-state index in [-0.39, 0.29) is 5.91 Å². The number of hydrogen-bond donors (Lipinski definition) is 0. The fourth-order valence-corrected chi connectivity index (χ4v) is 4.21. The number of carbonyl (C=O) groups excluding carboxylic acids is 1. The van der Waals surface area contributed by atoms with Crippen LogP contribution in [0.3, 0.4) is 0 Å². The van der Waals surface area contributed by atoms with Crippen molar-refractivity contribution in [3.8, 4) is 17.2 Å². The normalized spacial score (nSPS) is 10.5. The summed E-state index contributed by atoms with van der Waals surface area (Å²) in [7, 11) is 4.65.